The van der Waals surface area contributed by atoms with E-state index in [1.165, 1.54) is 23.1 Å². The molecule has 2 N–H and O–H groups in total. The number of carbonyl (C=O) groups is 1. The molecule has 11 heteroatoms. The summed E-state index contributed by atoms with van der Waals surface area (Å²) in [4.78, 5) is 11.9. The van der Waals surface area contributed by atoms with Crippen LogP contribution >= 0.6 is 23.1 Å². The molecule has 1 atom stereocenters. The number of sulfone groups is 1. The van der Waals surface area contributed by atoms with Gasteiger partial charge in [0.1, 0.15) is 5.75 Å². The van der Waals surface area contributed by atoms with Crippen LogP contribution in [0.1, 0.15) is 6.42 Å². The average Bonchev–Trinajstić information content (AvgIpc) is 3.19. The first-order valence-corrected chi connectivity index (χ1v) is 11.4. The van der Waals surface area contributed by atoms with Gasteiger partial charge < -0.3 is 15.4 Å². The van der Waals surface area contributed by atoms with Gasteiger partial charge in [-0.05, 0) is 30.7 Å². The van der Waals surface area contributed by atoms with Gasteiger partial charge in [-0.25, -0.2) is 8.42 Å². The van der Waals surface area contributed by atoms with Crippen LogP contribution in [0, 0.1) is 0 Å². The van der Waals surface area contributed by atoms with E-state index in [1.54, 1.807) is 7.11 Å². The van der Waals surface area contributed by atoms with Gasteiger partial charge in [-0.3, -0.25) is 4.79 Å². The van der Waals surface area contributed by atoms with E-state index in [2.05, 4.69) is 20.8 Å². The Morgan fingerprint density at radius 3 is 2.77 bits per heavy atom. The fourth-order valence-electron chi connectivity index (χ4n) is 2.42. The minimum Gasteiger partial charge on any atom is -0.497 e. The summed E-state index contributed by atoms with van der Waals surface area (Å²) in [5.41, 5.74) is 0.860. The van der Waals surface area contributed by atoms with E-state index in [1.807, 2.05) is 24.3 Å². The lowest BCUT2D eigenvalue weighted by Crippen LogP contribution is -2.36. The van der Waals surface area contributed by atoms with Crippen molar-refractivity contribution in [3.05, 3.63) is 24.3 Å². The largest absolute Gasteiger partial charge is 0.497 e. The molecule has 0 unspecified atom stereocenters. The van der Waals surface area contributed by atoms with E-state index < -0.39 is 9.84 Å². The second-order valence-corrected chi connectivity index (χ2v) is 10.1. The molecular weight excluding hydrogens is 396 g/mol. The normalized spacial score (nSPS) is 18.4. The molecule has 0 radical (unpaired) electrons. The van der Waals surface area contributed by atoms with Gasteiger partial charge in [0, 0.05) is 11.7 Å². The Balaban J connectivity index is 1.46. The summed E-state index contributed by atoms with van der Waals surface area (Å²) in [5, 5.41) is 14.6. The van der Waals surface area contributed by atoms with Gasteiger partial charge in [0.15, 0.2) is 14.2 Å². The molecule has 1 aliphatic heterocycles. The Morgan fingerprint density at radius 2 is 2.12 bits per heavy atom. The molecule has 1 aliphatic rings. The Kier molecular flexibility index (Phi) is 5.99. The molecule has 0 aliphatic carbocycles. The van der Waals surface area contributed by atoms with E-state index >= 15 is 0 Å². The number of anilines is 2. The lowest BCUT2D eigenvalue weighted by atomic mass is 10.3. The van der Waals surface area contributed by atoms with Gasteiger partial charge in [0.2, 0.25) is 11.0 Å². The topological polar surface area (TPSA) is 110 Å². The number of thioether (sulfide) groups is 1. The van der Waals surface area contributed by atoms with Crippen LogP contribution in [0.15, 0.2) is 28.6 Å². The van der Waals surface area contributed by atoms with Crippen molar-refractivity contribution >= 4 is 49.7 Å². The average molecular weight is 415 g/mol. The van der Waals surface area contributed by atoms with Gasteiger partial charge in [-0.15, -0.1) is 10.2 Å². The molecular formula is C15H18N4O4S3. The number of carbonyl (C=O) groups excluding carboxylic acids is 1. The quantitative estimate of drug-likeness (QED) is 0.659. The van der Waals surface area contributed by atoms with Crippen molar-refractivity contribution in [3.8, 4) is 5.75 Å². The minimum absolute atomic E-state index is 0.0259. The molecule has 0 spiro atoms. The second kappa shape index (κ2) is 8.23. The van der Waals surface area contributed by atoms with Crippen molar-refractivity contribution in [2.75, 3.05) is 29.7 Å². The van der Waals surface area contributed by atoms with Gasteiger partial charge in [-0.1, -0.05) is 23.1 Å². The molecule has 0 bridgehead atoms. The zero-order valence-electron chi connectivity index (χ0n) is 14.0. The maximum absolute atomic E-state index is 11.9. The summed E-state index contributed by atoms with van der Waals surface area (Å²) in [6.45, 7) is 0. The van der Waals surface area contributed by atoms with Crippen molar-refractivity contribution in [3.63, 3.8) is 0 Å². The second-order valence-electron chi connectivity index (χ2n) is 5.68. The van der Waals surface area contributed by atoms with Crippen LogP contribution in [0.5, 0.6) is 5.75 Å². The molecule has 2 aromatic rings. The number of methoxy groups -OCH3 is 1. The summed E-state index contributed by atoms with van der Waals surface area (Å²) in [7, 11) is -1.39. The Hall–Kier alpha value is -1.85. The van der Waals surface area contributed by atoms with Crippen LogP contribution in [-0.4, -0.2) is 54.9 Å². The SMILES string of the molecule is COc1ccc(Nc2nnc(SCC(=O)N[C@@H]3CCS(=O)(=O)C3)s2)cc1. The van der Waals surface area contributed by atoms with E-state index in [9.17, 15) is 13.2 Å². The number of nitrogens with one attached hydrogen (secondary N) is 2. The molecule has 1 aromatic carbocycles. The third-order valence-electron chi connectivity index (χ3n) is 3.67. The molecule has 1 amide bonds. The molecule has 2 heterocycles. The van der Waals surface area contributed by atoms with E-state index in [0.717, 1.165) is 11.4 Å². The van der Waals surface area contributed by atoms with E-state index in [-0.39, 0.29) is 29.2 Å². The predicted molar refractivity (Wildman–Crippen MR) is 102 cm³/mol. The first-order chi connectivity index (χ1) is 12.4. The number of amides is 1. The number of nitrogens with zero attached hydrogens (tertiary/aromatic N) is 2. The third kappa shape index (κ3) is 5.32. The number of rotatable bonds is 7. The molecule has 1 fully saturated rings. The predicted octanol–water partition coefficient (Wildman–Crippen LogP) is 1.69. The van der Waals surface area contributed by atoms with Crippen molar-refractivity contribution in [1.29, 1.82) is 0 Å². The standard InChI is InChI=1S/C15H18N4O4S3/c1-23-12-4-2-10(3-5-12)17-14-18-19-15(25-14)24-8-13(20)16-11-6-7-26(21,22)9-11/h2-5,11H,6-9H2,1H3,(H,16,20)(H,17,18)/t11-/m1/s1. The summed E-state index contributed by atoms with van der Waals surface area (Å²) in [6.07, 6.45) is 0.480. The molecule has 8 nitrogen and oxygen atoms in total. The molecule has 140 valence electrons. The van der Waals surface area contributed by atoms with Gasteiger partial charge in [-0.2, -0.15) is 0 Å². The highest BCUT2D eigenvalue weighted by Crippen LogP contribution is 2.28. The van der Waals surface area contributed by atoms with Gasteiger partial charge in [0.05, 0.1) is 24.4 Å². The zero-order valence-corrected chi connectivity index (χ0v) is 16.4. The smallest absolute Gasteiger partial charge is 0.230 e. The van der Waals surface area contributed by atoms with Gasteiger partial charge >= 0.3 is 0 Å². The summed E-state index contributed by atoms with van der Waals surface area (Å²) >= 11 is 2.62. The van der Waals surface area contributed by atoms with Crippen LogP contribution in [0.2, 0.25) is 0 Å². The molecule has 3 rings (SSSR count). The fourth-order valence-corrected chi connectivity index (χ4v) is 5.68. The van der Waals surface area contributed by atoms with Crippen molar-refractivity contribution < 1.29 is 17.9 Å². The molecule has 1 saturated heterocycles. The first-order valence-electron chi connectivity index (χ1n) is 7.81. The lowest BCUT2D eigenvalue weighted by molar-refractivity contribution is -0.119. The summed E-state index contributed by atoms with van der Waals surface area (Å²) in [5.74, 6) is 0.912. The van der Waals surface area contributed by atoms with Crippen LogP contribution in [-0.2, 0) is 14.6 Å². The monoisotopic (exact) mass is 414 g/mol. The van der Waals surface area contributed by atoms with Crippen LogP contribution in [0.4, 0.5) is 10.8 Å². The van der Waals surface area contributed by atoms with Crippen LogP contribution in [0.3, 0.4) is 0 Å². The summed E-state index contributed by atoms with van der Waals surface area (Å²) < 4.78 is 28.6. The number of hydrogen-bond donors (Lipinski definition) is 2. The molecule has 26 heavy (non-hydrogen) atoms. The van der Waals surface area contributed by atoms with E-state index in [0.29, 0.717) is 15.9 Å². The molecule has 0 saturated carbocycles. The number of benzene rings is 1. The number of ether oxygens (including phenoxy) is 1. The van der Waals surface area contributed by atoms with Crippen molar-refractivity contribution in [2.45, 2.75) is 16.8 Å². The van der Waals surface area contributed by atoms with Gasteiger partial charge in [0.25, 0.3) is 0 Å². The highest BCUT2D eigenvalue weighted by Gasteiger charge is 2.28. The van der Waals surface area contributed by atoms with E-state index in [4.69, 9.17) is 4.74 Å². The third-order valence-corrected chi connectivity index (χ3v) is 7.41. The van der Waals surface area contributed by atoms with Crippen molar-refractivity contribution in [2.24, 2.45) is 0 Å². The van der Waals surface area contributed by atoms with Crippen LogP contribution < -0.4 is 15.4 Å². The maximum atomic E-state index is 11.9. The lowest BCUT2D eigenvalue weighted by Gasteiger charge is -2.09. The molecule has 1 aromatic heterocycles. The minimum atomic E-state index is -3.00. The van der Waals surface area contributed by atoms with Crippen molar-refractivity contribution in [1.82, 2.24) is 15.5 Å². The number of aromatic nitrogens is 2. The Bertz CT molecular complexity index is 867. The first kappa shape index (κ1) is 18.9. The zero-order chi connectivity index (χ0) is 18.6. The Morgan fingerprint density at radius 1 is 1.35 bits per heavy atom. The Labute approximate surface area is 159 Å². The van der Waals surface area contributed by atoms with Crippen LogP contribution in [0.25, 0.3) is 0 Å². The highest BCUT2D eigenvalue weighted by atomic mass is 32.2. The maximum Gasteiger partial charge on any atom is 0.230 e. The fraction of sp³-hybridized carbons (Fsp3) is 0.400. The summed E-state index contributed by atoms with van der Waals surface area (Å²) in [6, 6.07) is 7.14. The highest BCUT2D eigenvalue weighted by molar-refractivity contribution is 8.01. The number of hydrogen-bond acceptors (Lipinski definition) is 9.